The number of nitrogens with one attached hydrogen (secondary N) is 6. The minimum atomic E-state index is -0.326. The predicted octanol–water partition coefficient (Wildman–Crippen LogP) is -2.77. The summed E-state index contributed by atoms with van der Waals surface area (Å²) in [6.45, 7) is 7.33. The maximum atomic E-state index is 12.7. The van der Waals surface area contributed by atoms with Gasteiger partial charge in [0.25, 0.3) is 0 Å². The summed E-state index contributed by atoms with van der Waals surface area (Å²) in [5.41, 5.74) is 22.2. The summed E-state index contributed by atoms with van der Waals surface area (Å²) in [6, 6.07) is -0.652. The van der Waals surface area contributed by atoms with Crippen LogP contribution >= 0.6 is 0 Å². The van der Waals surface area contributed by atoms with E-state index in [-0.39, 0.29) is 30.6 Å². The molecule has 2 amide bonds. The lowest BCUT2D eigenvalue weighted by atomic mass is 10.1. The monoisotopic (exact) mass is 502 g/mol. The molecule has 0 aliphatic carbocycles. The second kappa shape index (κ2) is 25.7. The van der Waals surface area contributed by atoms with Gasteiger partial charge in [0, 0.05) is 0 Å². The van der Waals surface area contributed by atoms with Gasteiger partial charge in [-0.3, -0.25) is 9.59 Å². The highest BCUT2D eigenvalue weighted by molar-refractivity contribution is 5.84. The van der Waals surface area contributed by atoms with Crippen LogP contribution in [0.1, 0.15) is 51.4 Å². The number of amides is 2. The molecule has 0 bridgehead atoms. The smallest absolute Gasteiger partial charge is 0.238 e. The molecular formula is C23H54N10O2. The highest BCUT2D eigenvalue weighted by Crippen LogP contribution is 1.99. The predicted molar refractivity (Wildman–Crippen MR) is 144 cm³/mol. The number of hydrogen-bond acceptors (Lipinski definition) is 10. The third kappa shape index (κ3) is 20.5. The molecule has 0 aromatic heterocycles. The van der Waals surface area contributed by atoms with Crippen LogP contribution in [0.15, 0.2) is 0 Å². The van der Waals surface area contributed by atoms with Gasteiger partial charge in [0.05, 0.1) is 18.8 Å². The molecule has 0 spiro atoms. The molecule has 208 valence electrons. The summed E-state index contributed by atoms with van der Waals surface area (Å²) in [7, 11) is 0. The van der Waals surface area contributed by atoms with Crippen LogP contribution in [-0.4, -0.2) is 96.0 Å². The van der Waals surface area contributed by atoms with Crippen molar-refractivity contribution in [1.29, 1.82) is 0 Å². The van der Waals surface area contributed by atoms with E-state index in [1.165, 1.54) is 0 Å². The van der Waals surface area contributed by atoms with Crippen LogP contribution in [-0.2, 0) is 9.59 Å². The summed E-state index contributed by atoms with van der Waals surface area (Å²) >= 11 is 0. The molecule has 0 saturated carbocycles. The highest BCUT2D eigenvalue weighted by atomic mass is 16.2. The summed E-state index contributed by atoms with van der Waals surface area (Å²) in [6.07, 6.45) is 6.57. The van der Waals surface area contributed by atoms with Crippen molar-refractivity contribution in [3.8, 4) is 0 Å². The van der Waals surface area contributed by atoms with Gasteiger partial charge in [-0.15, -0.1) is 0 Å². The van der Waals surface area contributed by atoms with E-state index in [0.29, 0.717) is 52.1 Å². The Hall–Kier alpha value is -1.38. The number of nitrogens with two attached hydrogens (primary N) is 4. The first-order valence-electron chi connectivity index (χ1n) is 13.3. The topological polar surface area (TPSA) is 210 Å². The SMILES string of the molecule is NCCCNCCCC(NCCCN)C(=O)NCNC(=O)C(CCCNCCCN)NCCCN. The quantitative estimate of drug-likeness (QED) is 0.0434. The Morgan fingerprint density at radius 3 is 1.23 bits per heavy atom. The van der Waals surface area contributed by atoms with Crippen molar-refractivity contribution >= 4 is 11.8 Å². The van der Waals surface area contributed by atoms with Crippen LogP contribution in [0.25, 0.3) is 0 Å². The number of carbonyl (C=O) groups excluding carboxylic acids is 2. The summed E-state index contributed by atoms with van der Waals surface area (Å²) in [5.74, 6) is -0.248. The number of hydrogen-bond donors (Lipinski definition) is 10. The minimum Gasteiger partial charge on any atom is -0.337 e. The second-order valence-electron chi connectivity index (χ2n) is 8.63. The molecule has 2 atom stereocenters. The van der Waals surface area contributed by atoms with Crippen LogP contribution in [0.2, 0.25) is 0 Å². The molecule has 0 radical (unpaired) electrons. The fraction of sp³-hybridized carbons (Fsp3) is 0.913. The maximum Gasteiger partial charge on any atom is 0.238 e. The molecule has 0 aliphatic heterocycles. The van der Waals surface area contributed by atoms with Gasteiger partial charge < -0.3 is 54.8 Å². The molecule has 0 heterocycles. The summed E-state index contributed by atoms with van der Waals surface area (Å²) in [4.78, 5) is 25.4. The van der Waals surface area contributed by atoms with E-state index < -0.39 is 0 Å². The summed E-state index contributed by atoms with van der Waals surface area (Å²) < 4.78 is 0. The molecule has 0 fully saturated rings. The van der Waals surface area contributed by atoms with Crippen molar-refractivity contribution in [2.45, 2.75) is 63.5 Å². The van der Waals surface area contributed by atoms with E-state index in [2.05, 4.69) is 31.9 Å². The molecule has 0 rings (SSSR count). The van der Waals surface area contributed by atoms with Gasteiger partial charge in [-0.25, -0.2) is 0 Å². The first kappa shape index (κ1) is 33.6. The van der Waals surface area contributed by atoms with Crippen LogP contribution in [0.4, 0.5) is 0 Å². The Balaban J connectivity index is 4.48. The van der Waals surface area contributed by atoms with Crippen LogP contribution in [0.3, 0.4) is 0 Å². The third-order valence-electron chi connectivity index (χ3n) is 5.51. The summed E-state index contributed by atoms with van der Waals surface area (Å²) in [5, 5.41) is 18.9. The van der Waals surface area contributed by atoms with Gasteiger partial charge in [-0.1, -0.05) is 0 Å². The van der Waals surface area contributed by atoms with Crippen LogP contribution in [0.5, 0.6) is 0 Å². The Morgan fingerprint density at radius 1 is 0.514 bits per heavy atom. The Labute approximate surface area is 212 Å². The average molecular weight is 503 g/mol. The van der Waals surface area contributed by atoms with Gasteiger partial charge >= 0.3 is 0 Å². The highest BCUT2D eigenvalue weighted by Gasteiger charge is 2.19. The zero-order valence-electron chi connectivity index (χ0n) is 21.7. The molecule has 0 aromatic carbocycles. The van der Waals surface area contributed by atoms with Crippen LogP contribution < -0.4 is 54.8 Å². The zero-order chi connectivity index (χ0) is 26.0. The van der Waals surface area contributed by atoms with Crippen LogP contribution in [0, 0.1) is 0 Å². The van der Waals surface area contributed by atoms with E-state index in [1.807, 2.05) is 0 Å². The van der Waals surface area contributed by atoms with Gasteiger partial charge in [-0.2, -0.15) is 0 Å². The van der Waals surface area contributed by atoms with E-state index in [4.69, 9.17) is 22.9 Å². The number of carbonyl (C=O) groups is 2. The zero-order valence-corrected chi connectivity index (χ0v) is 21.7. The van der Waals surface area contributed by atoms with Crippen molar-refractivity contribution in [3.05, 3.63) is 0 Å². The van der Waals surface area contributed by atoms with Crippen molar-refractivity contribution in [1.82, 2.24) is 31.9 Å². The first-order valence-corrected chi connectivity index (χ1v) is 13.3. The maximum absolute atomic E-state index is 12.7. The molecule has 0 aliphatic rings. The van der Waals surface area contributed by atoms with Gasteiger partial charge in [0.2, 0.25) is 11.8 Å². The fourth-order valence-electron chi connectivity index (χ4n) is 3.44. The second-order valence-corrected chi connectivity index (χ2v) is 8.63. The molecule has 0 saturated heterocycles. The Kier molecular flexibility index (Phi) is 24.7. The van der Waals surface area contributed by atoms with Gasteiger partial charge in [0.15, 0.2) is 0 Å². The largest absolute Gasteiger partial charge is 0.337 e. The standard InChI is InChI=1S/C23H54N10O2/c24-9-3-15-28-13-1-7-20(30-17-5-11-26)22(34)32-19-33-23(35)21(31-18-6-12-27)8-2-14-29-16-4-10-25/h20-21,28-31H,1-19,24-27H2,(H,32,34)(H,33,35). The molecule has 14 N–H and O–H groups in total. The lowest BCUT2D eigenvalue weighted by Gasteiger charge is -2.21. The third-order valence-corrected chi connectivity index (χ3v) is 5.51. The van der Waals surface area contributed by atoms with Gasteiger partial charge in [0.1, 0.15) is 0 Å². The van der Waals surface area contributed by atoms with E-state index >= 15 is 0 Å². The minimum absolute atomic E-state index is 0.0886. The average Bonchev–Trinajstić information content (AvgIpc) is 2.85. The van der Waals surface area contributed by atoms with Crippen molar-refractivity contribution in [2.24, 2.45) is 22.9 Å². The lowest BCUT2D eigenvalue weighted by Crippen LogP contribution is -2.51. The van der Waals surface area contributed by atoms with E-state index in [9.17, 15) is 9.59 Å². The molecular weight excluding hydrogens is 448 g/mol. The molecule has 2 unspecified atom stereocenters. The van der Waals surface area contributed by atoms with Gasteiger partial charge in [-0.05, 0) is 117 Å². The number of rotatable bonds is 26. The normalized spacial score (nSPS) is 12.9. The molecule has 12 nitrogen and oxygen atoms in total. The lowest BCUT2D eigenvalue weighted by molar-refractivity contribution is -0.125. The van der Waals surface area contributed by atoms with Crippen molar-refractivity contribution < 1.29 is 9.59 Å². The molecule has 12 heteroatoms. The van der Waals surface area contributed by atoms with Crippen molar-refractivity contribution in [3.63, 3.8) is 0 Å². The Morgan fingerprint density at radius 2 is 0.857 bits per heavy atom. The molecule has 35 heavy (non-hydrogen) atoms. The fourth-order valence-corrected chi connectivity index (χ4v) is 3.44. The first-order chi connectivity index (χ1) is 17.1. The Bertz CT molecular complexity index is 457. The molecule has 0 aromatic rings. The van der Waals surface area contributed by atoms with E-state index in [0.717, 1.165) is 64.7 Å². The van der Waals surface area contributed by atoms with Crippen molar-refractivity contribution in [2.75, 3.05) is 72.1 Å². The van der Waals surface area contributed by atoms with E-state index in [1.54, 1.807) is 0 Å².